The molecule has 4 heterocycles. The van der Waals surface area contributed by atoms with Crippen molar-refractivity contribution in [3.8, 4) is 17.5 Å². The third kappa shape index (κ3) is 5.03. The maximum Gasteiger partial charge on any atom is 0.267 e. The van der Waals surface area contributed by atoms with E-state index in [2.05, 4.69) is 32.5 Å². The monoisotopic (exact) mass is 534 g/mol. The van der Waals surface area contributed by atoms with Crippen molar-refractivity contribution in [2.24, 2.45) is 17.9 Å². The maximum absolute atomic E-state index is 13.4. The van der Waals surface area contributed by atoms with Crippen LogP contribution in [0.15, 0.2) is 70.8 Å². The minimum Gasteiger partial charge on any atom is -0.381 e. The summed E-state index contributed by atoms with van der Waals surface area (Å²) < 4.78 is 3.38. The van der Waals surface area contributed by atoms with Crippen LogP contribution in [-0.2, 0) is 13.5 Å². The van der Waals surface area contributed by atoms with Crippen molar-refractivity contribution in [2.45, 2.75) is 13.3 Å². The highest BCUT2D eigenvalue weighted by atomic mass is 16.1. The number of fused-ring (bicyclic) bond motifs is 2. The first-order valence-corrected chi connectivity index (χ1v) is 12.4. The van der Waals surface area contributed by atoms with Gasteiger partial charge in [-0.3, -0.25) is 18.8 Å². The molecule has 0 atom stereocenters. The molecule has 0 aliphatic carbocycles. The Morgan fingerprint density at radius 3 is 2.62 bits per heavy atom. The number of nitrogens with zero attached hydrogens (tertiary/aromatic N) is 7. The summed E-state index contributed by atoms with van der Waals surface area (Å²) in [5.41, 5.74) is 13.6. The van der Waals surface area contributed by atoms with Crippen LogP contribution in [-0.4, -0.2) is 47.9 Å². The van der Waals surface area contributed by atoms with Gasteiger partial charge in [0.1, 0.15) is 11.4 Å². The van der Waals surface area contributed by atoms with Gasteiger partial charge in [-0.2, -0.15) is 10.2 Å². The zero-order valence-corrected chi connectivity index (χ0v) is 21.9. The van der Waals surface area contributed by atoms with Crippen molar-refractivity contribution >= 4 is 34.7 Å². The number of nitrogen functional groups attached to an aromatic ring is 1. The fourth-order valence-corrected chi connectivity index (χ4v) is 4.26. The molecule has 5 aromatic rings. The number of anilines is 2. The molecule has 12 nitrogen and oxygen atoms in total. The van der Waals surface area contributed by atoms with Crippen LogP contribution in [0.2, 0.25) is 0 Å². The van der Waals surface area contributed by atoms with Gasteiger partial charge >= 0.3 is 0 Å². The predicted molar refractivity (Wildman–Crippen MR) is 153 cm³/mol. The van der Waals surface area contributed by atoms with Crippen molar-refractivity contribution < 1.29 is 4.79 Å². The van der Waals surface area contributed by atoms with Gasteiger partial charge in [0.05, 0.1) is 34.9 Å². The van der Waals surface area contributed by atoms with Gasteiger partial charge in [0.15, 0.2) is 11.6 Å². The number of aromatic nitrogens is 6. The number of aryl methyl sites for hydroxylation is 2. The Labute approximate surface area is 228 Å². The van der Waals surface area contributed by atoms with E-state index in [1.54, 1.807) is 21.7 Å². The van der Waals surface area contributed by atoms with E-state index in [9.17, 15) is 9.59 Å². The summed E-state index contributed by atoms with van der Waals surface area (Å²) in [6.45, 7) is 2.53. The van der Waals surface area contributed by atoms with Gasteiger partial charge in [-0.15, -0.1) is 9.89 Å². The Balaban J connectivity index is 0.000000207. The molecule has 0 spiro atoms. The number of carbonyl (C=O) groups is 1. The number of benzene rings is 2. The molecule has 1 aliphatic rings. The van der Waals surface area contributed by atoms with Crippen molar-refractivity contribution in [3.63, 3.8) is 0 Å². The van der Waals surface area contributed by atoms with Crippen LogP contribution in [0.1, 0.15) is 34.2 Å². The lowest BCUT2D eigenvalue weighted by Gasteiger charge is -2.13. The van der Waals surface area contributed by atoms with Crippen molar-refractivity contribution in [2.75, 3.05) is 17.6 Å². The highest BCUT2D eigenvalue weighted by Crippen LogP contribution is 2.22. The third-order valence-corrected chi connectivity index (χ3v) is 6.04. The van der Waals surface area contributed by atoms with Crippen LogP contribution < -0.4 is 22.3 Å². The summed E-state index contributed by atoms with van der Waals surface area (Å²) >= 11 is 0. The fourth-order valence-electron chi connectivity index (χ4n) is 4.26. The molecular formula is C28H26N10O2. The number of hydrogen-bond donors (Lipinski definition) is 3. The number of para-hydroxylation sites is 1. The standard InChI is InChI=1S/C22H18N4O.C6H8N6O/c1-3-20-24-19-11-7-8-17(13-12-16-14-23-25(2)15-16)21(19)22(27)26(20)18-9-5-4-6-10-18;7-4-3(5(8)13)6-9-1-2-10-12(6)11-4/h4-11,14-15H,3H2,1-2H3;2,9H,1H2,(H2,7,11)(H2,8,13). The summed E-state index contributed by atoms with van der Waals surface area (Å²) in [5.74, 6) is 6.86. The van der Waals surface area contributed by atoms with E-state index in [0.29, 0.717) is 35.2 Å². The summed E-state index contributed by atoms with van der Waals surface area (Å²) in [4.78, 5) is 30.3. The molecule has 0 saturated carbocycles. The van der Waals surface area contributed by atoms with Crippen LogP contribution in [0.3, 0.4) is 0 Å². The van der Waals surface area contributed by atoms with Crippen LogP contribution in [0.25, 0.3) is 16.6 Å². The number of amides is 1. The second kappa shape index (κ2) is 11.0. The van der Waals surface area contributed by atoms with E-state index in [-0.39, 0.29) is 16.9 Å². The quantitative estimate of drug-likeness (QED) is 0.298. The Kier molecular flexibility index (Phi) is 7.10. The molecule has 0 saturated heterocycles. The lowest BCUT2D eigenvalue weighted by molar-refractivity contribution is 0.100. The van der Waals surface area contributed by atoms with Gasteiger partial charge in [0.25, 0.3) is 11.5 Å². The number of hydrogen-bond acceptors (Lipinski definition) is 8. The number of carbonyl (C=O) groups excluding carboxylic acids is 1. The molecule has 1 aliphatic heterocycles. The van der Waals surface area contributed by atoms with Crippen molar-refractivity contribution in [1.82, 2.24) is 29.2 Å². The Morgan fingerprint density at radius 2 is 1.93 bits per heavy atom. The van der Waals surface area contributed by atoms with E-state index in [0.717, 1.165) is 17.1 Å². The first-order valence-electron chi connectivity index (χ1n) is 12.4. The summed E-state index contributed by atoms with van der Waals surface area (Å²) in [6, 6.07) is 15.2. The zero-order valence-electron chi connectivity index (χ0n) is 21.9. The minimum absolute atomic E-state index is 0.0917. The first-order chi connectivity index (χ1) is 19.4. The van der Waals surface area contributed by atoms with E-state index in [1.807, 2.05) is 68.7 Å². The second-order valence-corrected chi connectivity index (χ2v) is 8.75. The minimum atomic E-state index is -0.608. The fraction of sp³-hybridized carbons (Fsp3) is 0.143. The van der Waals surface area contributed by atoms with E-state index < -0.39 is 5.91 Å². The normalized spacial score (nSPS) is 11.6. The first kappa shape index (κ1) is 25.9. The Morgan fingerprint density at radius 1 is 1.12 bits per heavy atom. The van der Waals surface area contributed by atoms with Gasteiger partial charge in [-0.05, 0) is 24.3 Å². The van der Waals surface area contributed by atoms with Crippen LogP contribution >= 0.6 is 0 Å². The molecule has 0 bridgehead atoms. The molecule has 3 aromatic heterocycles. The van der Waals surface area contributed by atoms with Crippen LogP contribution in [0.4, 0.5) is 11.6 Å². The molecule has 0 radical (unpaired) electrons. The van der Waals surface area contributed by atoms with Gasteiger partial charge in [-0.25, -0.2) is 4.98 Å². The van der Waals surface area contributed by atoms with Crippen molar-refractivity contribution in [3.05, 3.63) is 93.8 Å². The topological polar surface area (TPSA) is 164 Å². The number of primary amides is 1. The number of rotatable bonds is 3. The van der Waals surface area contributed by atoms with E-state index in [4.69, 9.17) is 16.5 Å². The molecular weight excluding hydrogens is 508 g/mol. The molecule has 1 amide bonds. The zero-order chi connectivity index (χ0) is 28.2. The molecule has 0 unspecified atom stereocenters. The van der Waals surface area contributed by atoms with Gasteiger partial charge in [0, 0.05) is 31.4 Å². The Bertz CT molecular complexity index is 1870. The molecule has 2 aromatic carbocycles. The number of nitrogens with two attached hydrogens (primary N) is 2. The van der Waals surface area contributed by atoms with E-state index in [1.165, 1.54) is 4.79 Å². The smallest absolute Gasteiger partial charge is 0.267 e. The van der Waals surface area contributed by atoms with E-state index >= 15 is 0 Å². The molecule has 200 valence electrons. The highest BCUT2D eigenvalue weighted by molar-refractivity contribution is 6.02. The lowest BCUT2D eigenvalue weighted by Crippen LogP contribution is -2.24. The van der Waals surface area contributed by atoms with Crippen LogP contribution in [0, 0.1) is 11.8 Å². The van der Waals surface area contributed by atoms with Crippen molar-refractivity contribution in [1.29, 1.82) is 0 Å². The van der Waals surface area contributed by atoms with Crippen LogP contribution in [0.5, 0.6) is 0 Å². The predicted octanol–water partition coefficient (Wildman–Crippen LogP) is 1.90. The van der Waals surface area contributed by atoms with Gasteiger partial charge < -0.3 is 16.8 Å². The Hall–Kier alpha value is -5.70. The molecule has 6 rings (SSSR count). The average molecular weight is 535 g/mol. The molecule has 5 N–H and O–H groups in total. The summed E-state index contributed by atoms with van der Waals surface area (Å²) in [6.07, 6.45) is 5.82. The van der Waals surface area contributed by atoms with Gasteiger partial charge in [0.2, 0.25) is 0 Å². The van der Waals surface area contributed by atoms with Gasteiger partial charge in [-0.1, -0.05) is 43.0 Å². The average Bonchev–Trinajstić information content (AvgIpc) is 3.53. The number of nitrogens with one attached hydrogen (secondary N) is 1. The lowest BCUT2D eigenvalue weighted by atomic mass is 10.1. The summed E-state index contributed by atoms with van der Waals surface area (Å²) in [5, 5.41) is 15.3. The molecule has 12 heteroatoms. The second-order valence-electron chi connectivity index (χ2n) is 8.75. The SMILES string of the molecule is CCc1nc2cccc(C#Cc3cnn(C)c3)c2c(=O)n1-c1ccccc1.NC(=O)c1c(N)nn2c1NCC=N2. The highest BCUT2D eigenvalue weighted by Gasteiger charge is 2.21. The largest absolute Gasteiger partial charge is 0.381 e. The molecule has 40 heavy (non-hydrogen) atoms. The third-order valence-electron chi connectivity index (χ3n) is 6.04. The molecule has 0 fully saturated rings. The summed E-state index contributed by atoms with van der Waals surface area (Å²) in [7, 11) is 1.85. The maximum atomic E-state index is 13.4.